The van der Waals surface area contributed by atoms with Crippen molar-refractivity contribution in [2.24, 2.45) is 0 Å². The molecule has 0 radical (unpaired) electrons. The Morgan fingerprint density at radius 1 is 1.45 bits per heavy atom. The molecule has 1 aromatic heterocycles. The number of hydrogen-bond donors (Lipinski definition) is 2. The van der Waals surface area contributed by atoms with Crippen molar-refractivity contribution < 1.29 is 23.9 Å². The third-order valence-electron chi connectivity index (χ3n) is 3.00. The molecule has 1 heterocycles. The number of carbonyl (C=O) groups excluding carboxylic acids is 1. The molecule has 2 rings (SSSR count). The molecule has 0 saturated carbocycles. The lowest BCUT2D eigenvalue weighted by Crippen LogP contribution is -2.29. The second kappa shape index (κ2) is 6.90. The average Bonchev–Trinajstić information content (AvgIpc) is 2.93. The highest BCUT2D eigenvalue weighted by atomic mass is 16.5. The van der Waals surface area contributed by atoms with E-state index in [9.17, 15) is 9.90 Å². The first-order valence-electron chi connectivity index (χ1n) is 6.52. The first-order chi connectivity index (χ1) is 10.5. The molecule has 0 aliphatic heterocycles. The van der Waals surface area contributed by atoms with Crippen LogP contribution >= 0.6 is 0 Å². The van der Waals surface area contributed by atoms with Gasteiger partial charge < -0.3 is 19.1 Å². The number of nitrogens with one attached hydrogen (secondary N) is 1. The number of phenols is 1. The Bertz CT molecular complexity index is 656. The van der Waals surface area contributed by atoms with Crippen LogP contribution in [0.25, 0.3) is 0 Å². The quantitative estimate of drug-likeness (QED) is 0.764. The number of aromatic hydroxyl groups is 1. The molecule has 2 N–H and O–H groups in total. The number of carbonyl (C=O) groups is 1. The van der Waals surface area contributed by atoms with Crippen molar-refractivity contribution in [3.8, 4) is 11.5 Å². The van der Waals surface area contributed by atoms with E-state index in [-0.39, 0.29) is 12.3 Å². The molecule has 0 aliphatic carbocycles. The summed E-state index contributed by atoms with van der Waals surface area (Å²) in [5.41, 5.74) is 0.529. The van der Waals surface area contributed by atoms with Gasteiger partial charge >= 0.3 is 5.97 Å². The number of benzene rings is 1. The summed E-state index contributed by atoms with van der Waals surface area (Å²) in [5.74, 6) is 0.614. The summed E-state index contributed by atoms with van der Waals surface area (Å²) in [5, 5.41) is 16.5. The van der Waals surface area contributed by atoms with Crippen LogP contribution in [0.5, 0.6) is 11.5 Å². The third-order valence-corrected chi connectivity index (χ3v) is 3.00. The van der Waals surface area contributed by atoms with Gasteiger partial charge in [-0.15, -0.1) is 0 Å². The van der Waals surface area contributed by atoms with Crippen LogP contribution in [0.15, 0.2) is 22.7 Å². The molecule has 8 heteroatoms. The highest BCUT2D eigenvalue weighted by molar-refractivity contribution is 5.77. The van der Waals surface area contributed by atoms with E-state index in [2.05, 4.69) is 15.5 Å². The van der Waals surface area contributed by atoms with E-state index in [1.165, 1.54) is 20.3 Å². The molecule has 0 bridgehead atoms. The van der Waals surface area contributed by atoms with Gasteiger partial charge in [0.2, 0.25) is 5.89 Å². The summed E-state index contributed by atoms with van der Waals surface area (Å²) in [4.78, 5) is 16.0. The number of aromatic nitrogens is 2. The van der Waals surface area contributed by atoms with Crippen molar-refractivity contribution in [2.45, 2.75) is 19.5 Å². The number of rotatable bonds is 6. The van der Waals surface area contributed by atoms with Gasteiger partial charge in [0, 0.05) is 0 Å². The SMILES string of the molecule is COC(=O)[C@@H](NCc1nc(C)no1)c1ccc(OC)c(O)c1. The zero-order valence-corrected chi connectivity index (χ0v) is 12.5. The fourth-order valence-corrected chi connectivity index (χ4v) is 1.94. The monoisotopic (exact) mass is 307 g/mol. The Morgan fingerprint density at radius 3 is 2.77 bits per heavy atom. The van der Waals surface area contributed by atoms with E-state index >= 15 is 0 Å². The first kappa shape index (κ1) is 15.8. The molecule has 0 aliphatic rings. The lowest BCUT2D eigenvalue weighted by atomic mass is 10.1. The molecular weight excluding hydrogens is 290 g/mol. The Morgan fingerprint density at radius 2 is 2.23 bits per heavy atom. The van der Waals surface area contributed by atoms with Gasteiger partial charge in [-0.1, -0.05) is 11.2 Å². The lowest BCUT2D eigenvalue weighted by Gasteiger charge is -2.16. The lowest BCUT2D eigenvalue weighted by molar-refractivity contribution is -0.143. The van der Waals surface area contributed by atoms with E-state index in [4.69, 9.17) is 14.0 Å². The van der Waals surface area contributed by atoms with Crippen LogP contribution in [-0.2, 0) is 16.1 Å². The highest BCUT2D eigenvalue weighted by Gasteiger charge is 2.23. The van der Waals surface area contributed by atoms with Gasteiger partial charge in [-0.05, 0) is 24.6 Å². The Balaban J connectivity index is 2.18. The fourth-order valence-electron chi connectivity index (χ4n) is 1.94. The van der Waals surface area contributed by atoms with Gasteiger partial charge in [-0.3, -0.25) is 5.32 Å². The highest BCUT2D eigenvalue weighted by Crippen LogP contribution is 2.29. The first-order valence-corrected chi connectivity index (χ1v) is 6.52. The molecule has 8 nitrogen and oxygen atoms in total. The largest absolute Gasteiger partial charge is 0.504 e. The number of nitrogens with zero attached hydrogens (tertiary/aromatic N) is 2. The van der Waals surface area contributed by atoms with Gasteiger partial charge in [0.05, 0.1) is 20.8 Å². The third kappa shape index (κ3) is 3.53. The Kier molecular flexibility index (Phi) is 4.95. The van der Waals surface area contributed by atoms with E-state index < -0.39 is 12.0 Å². The maximum absolute atomic E-state index is 11.9. The van der Waals surface area contributed by atoms with E-state index in [0.29, 0.717) is 23.0 Å². The van der Waals surface area contributed by atoms with Gasteiger partial charge in [-0.2, -0.15) is 4.98 Å². The van der Waals surface area contributed by atoms with Crippen LogP contribution in [0.1, 0.15) is 23.3 Å². The minimum Gasteiger partial charge on any atom is -0.504 e. The predicted octanol–water partition coefficient (Wildman–Crippen LogP) is 1.10. The number of aryl methyl sites for hydroxylation is 1. The maximum Gasteiger partial charge on any atom is 0.327 e. The molecule has 118 valence electrons. The predicted molar refractivity (Wildman–Crippen MR) is 75.3 cm³/mol. The van der Waals surface area contributed by atoms with E-state index in [0.717, 1.165) is 0 Å². The topological polar surface area (TPSA) is 107 Å². The molecule has 1 aromatic carbocycles. The number of phenolic OH excluding ortho intramolecular Hbond substituents is 1. The van der Waals surface area contributed by atoms with Crippen LogP contribution in [0.4, 0.5) is 0 Å². The van der Waals surface area contributed by atoms with Gasteiger partial charge in [-0.25, -0.2) is 4.79 Å². The standard InChI is InChI=1S/C14H17N3O5/c1-8-16-12(22-17-8)7-15-13(14(19)21-3)9-4-5-11(20-2)10(18)6-9/h4-6,13,15,18H,7H2,1-3H3/t13-/m0/s1. The second-order valence-electron chi connectivity index (χ2n) is 4.50. The molecule has 0 unspecified atom stereocenters. The number of hydrogen-bond acceptors (Lipinski definition) is 8. The molecule has 1 atom stereocenters. The molecule has 22 heavy (non-hydrogen) atoms. The summed E-state index contributed by atoms with van der Waals surface area (Å²) in [6.45, 7) is 1.89. The summed E-state index contributed by atoms with van der Waals surface area (Å²) in [6.07, 6.45) is 0. The zero-order valence-electron chi connectivity index (χ0n) is 12.5. The van der Waals surface area contributed by atoms with Gasteiger partial charge in [0.15, 0.2) is 17.3 Å². The molecular formula is C14H17N3O5. The van der Waals surface area contributed by atoms with Crippen LogP contribution in [-0.4, -0.2) is 35.4 Å². The normalized spacial score (nSPS) is 12.0. The Labute approximate surface area is 127 Å². The van der Waals surface area contributed by atoms with Crippen molar-refractivity contribution in [2.75, 3.05) is 14.2 Å². The molecule has 0 fully saturated rings. The maximum atomic E-state index is 11.9. The summed E-state index contributed by atoms with van der Waals surface area (Å²) >= 11 is 0. The minimum absolute atomic E-state index is 0.0654. The smallest absolute Gasteiger partial charge is 0.327 e. The summed E-state index contributed by atoms with van der Waals surface area (Å²) in [7, 11) is 2.74. The molecule has 0 amide bonds. The summed E-state index contributed by atoms with van der Waals surface area (Å²) < 4.78 is 14.7. The van der Waals surface area contributed by atoms with Crippen LogP contribution in [0.2, 0.25) is 0 Å². The van der Waals surface area contributed by atoms with Crippen molar-refractivity contribution in [3.63, 3.8) is 0 Å². The molecule has 0 spiro atoms. The van der Waals surface area contributed by atoms with Crippen molar-refractivity contribution in [3.05, 3.63) is 35.5 Å². The molecule has 2 aromatic rings. The number of esters is 1. The molecule has 0 saturated heterocycles. The zero-order chi connectivity index (χ0) is 16.1. The number of ether oxygens (including phenoxy) is 2. The van der Waals surface area contributed by atoms with Crippen molar-refractivity contribution in [1.82, 2.24) is 15.5 Å². The second-order valence-corrected chi connectivity index (χ2v) is 4.50. The van der Waals surface area contributed by atoms with Crippen LogP contribution in [0, 0.1) is 6.92 Å². The van der Waals surface area contributed by atoms with E-state index in [1.807, 2.05) is 0 Å². The van der Waals surface area contributed by atoms with Crippen molar-refractivity contribution in [1.29, 1.82) is 0 Å². The fraction of sp³-hybridized carbons (Fsp3) is 0.357. The number of methoxy groups -OCH3 is 2. The van der Waals surface area contributed by atoms with Gasteiger partial charge in [0.25, 0.3) is 0 Å². The minimum atomic E-state index is -0.783. The summed E-state index contributed by atoms with van der Waals surface area (Å²) in [6, 6.07) is 3.88. The van der Waals surface area contributed by atoms with Gasteiger partial charge in [0.1, 0.15) is 6.04 Å². The van der Waals surface area contributed by atoms with Crippen LogP contribution in [0.3, 0.4) is 0 Å². The average molecular weight is 307 g/mol. The van der Waals surface area contributed by atoms with Crippen molar-refractivity contribution >= 4 is 5.97 Å². The van der Waals surface area contributed by atoms with Crippen LogP contribution < -0.4 is 10.1 Å². The Hall–Kier alpha value is -2.61. The van der Waals surface area contributed by atoms with E-state index in [1.54, 1.807) is 19.1 Å².